The highest BCUT2D eigenvalue weighted by Crippen LogP contribution is 2.22. The minimum atomic E-state index is 0.0215. The minimum Gasteiger partial charge on any atom is -0.496 e. The fourth-order valence-electron chi connectivity index (χ4n) is 1.12. The van der Waals surface area contributed by atoms with Gasteiger partial charge in [-0.25, -0.2) is 0 Å². The summed E-state index contributed by atoms with van der Waals surface area (Å²) in [5, 5.41) is 0. The number of benzene rings is 1. The van der Waals surface area contributed by atoms with Gasteiger partial charge in [-0.05, 0) is 40.8 Å². The van der Waals surface area contributed by atoms with Crippen molar-refractivity contribution in [1.82, 2.24) is 0 Å². The second-order valence-corrected chi connectivity index (χ2v) is 4.33. The summed E-state index contributed by atoms with van der Waals surface area (Å²) in [5.74, 6) is 0.980. The van der Waals surface area contributed by atoms with E-state index in [1.807, 2.05) is 12.1 Å². The van der Waals surface area contributed by atoms with Gasteiger partial charge < -0.3 is 4.74 Å². The zero-order valence-corrected chi connectivity index (χ0v) is 10.6. The molecule has 0 unspecified atom stereocenters. The molecule has 4 heteroatoms. The fourth-order valence-corrected chi connectivity index (χ4v) is 1.75. The number of alkyl halides is 1. The van der Waals surface area contributed by atoms with Gasteiger partial charge in [0.05, 0.1) is 12.7 Å². The molecule has 0 aliphatic carbocycles. The first-order valence-corrected chi connectivity index (χ1v) is 5.73. The SMILES string of the molecule is COc1cc(I)ccc1C(=O)CCCl. The number of ketones is 1. The van der Waals surface area contributed by atoms with Crippen molar-refractivity contribution in [3.63, 3.8) is 0 Å². The highest BCUT2D eigenvalue weighted by molar-refractivity contribution is 14.1. The third kappa shape index (κ3) is 2.85. The molecule has 0 heterocycles. The molecule has 2 nitrogen and oxygen atoms in total. The largest absolute Gasteiger partial charge is 0.496 e. The predicted molar refractivity (Wildman–Crippen MR) is 65.4 cm³/mol. The van der Waals surface area contributed by atoms with Crippen LogP contribution in [0, 0.1) is 3.57 Å². The second-order valence-electron chi connectivity index (χ2n) is 2.71. The lowest BCUT2D eigenvalue weighted by molar-refractivity contribution is 0.0986. The summed E-state index contributed by atoms with van der Waals surface area (Å²) in [6, 6.07) is 5.49. The molecule has 0 N–H and O–H groups in total. The number of methoxy groups -OCH3 is 1. The molecule has 0 aromatic heterocycles. The number of Topliss-reactive ketones (excluding diaryl/α,β-unsaturated/α-hetero) is 1. The van der Waals surface area contributed by atoms with Crippen molar-refractivity contribution in [2.75, 3.05) is 13.0 Å². The van der Waals surface area contributed by atoms with Crippen LogP contribution in [0.1, 0.15) is 16.8 Å². The average Bonchev–Trinajstić information content (AvgIpc) is 2.17. The van der Waals surface area contributed by atoms with Crippen LogP contribution in [-0.4, -0.2) is 18.8 Å². The maximum Gasteiger partial charge on any atom is 0.167 e. The summed E-state index contributed by atoms with van der Waals surface area (Å²) in [6.07, 6.45) is 0.346. The summed E-state index contributed by atoms with van der Waals surface area (Å²) in [7, 11) is 1.56. The van der Waals surface area contributed by atoms with E-state index >= 15 is 0 Å². The molecular weight excluding hydrogens is 314 g/mol. The van der Waals surface area contributed by atoms with Crippen molar-refractivity contribution < 1.29 is 9.53 Å². The summed E-state index contributed by atoms with van der Waals surface area (Å²) in [5.41, 5.74) is 0.605. The standard InChI is InChI=1S/C10H10ClIO2/c1-14-10-6-7(12)2-3-8(10)9(13)4-5-11/h2-3,6H,4-5H2,1H3. The quantitative estimate of drug-likeness (QED) is 0.483. The predicted octanol–water partition coefficient (Wildman–Crippen LogP) is 3.11. The van der Waals surface area contributed by atoms with E-state index in [1.165, 1.54) is 0 Å². The van der Waals surface area contributed by atoms with E-state index in [-0.39, 0.29) is 5.78 Å². The van der Waals surface area contributed by atoms with E-state index in [1.54, 1.807) is 13.2 Å². The van der Waals surface area contributed by atoms with Crippen molar-refractivity contribution in [2.24, 2.45) is 0 Å². The van der Waals surface area contributed by atoms with Crippen LogP contribution in [0.4, 0.5) is 0 Å². The van der Waals surface area contributed by atoms with E-state index < -0.39 is 0 Å². The highest BCUT2D eigenvalue weighted by atomic mass is 127. The van der Waals surface area contributed by atoms with Gasteiger partial charge in [-0.3, -0.25) is 4.79 Å². The van der Waals surface area contributed by atoms with Gasteiger partial charge in [0.1, 0.15) is 5.75 Å². The first-order valence-electron chi connectivity index (χ1n) is 4.11. The third-order valence-corrected chi connectivity index (χ3v) is 2.65. The fraction of sp³-hybridized carbons (Fsp3) is 0.300. The van der Waals surface area contributed by atoms with Crippen LogP contribution < -0.4 is 4.74 Å². The molecule has 14 heavy (non-hydrogen) atoms. The number of carbonyl (C=O) groups excluding carboxylic acids is 1. The van der Waals surface area contributed by atoms with E-state index in [0.29, 0.717) is 23.6 Å². The van der Waals surface area contributed by atoms with Crippen molar-refractivity contribution >= 4 is 40.0 Å². The molecule has 0 aliphatic rings. The van der Waals surface area contributed by atoms with Crippen LogP contribution in [0.15, 0.2) is 18.2 Å². The zero-order valence-electron chi connectivity index (χ0n) is 7.72. The van der Waals surface area contributed by atoms with Crippen LogP contribution in [-0.2, 0) is 0 Å². The first-order chi connectivity index (χ1) is 6.69. The number of ether oxygens (including phenoxy) is 1. The summed E-state index contributed by atoms with van der Waals surface area (Å²) < 4.78 is 6.17. The molecule has 0 radical (unpaired) electrons. The monoisotopic (exact) mass is 324 g/mol. The Morgan fingerprint density at radius 3 is 2.86 bits per heavy atom. The molecule has 1 rings (SSSR count). The van der Waals surface area contributed by atoms with Crippen LogP contribution in [0.2, 0.25) is 0 Å². The molecule has 0 aliphatic heterocycles. The third-order valence-electron chi connectivity index (χ3n) is 1.79. The topological polar surface area (TPSA) is 26.3 Å². The smallest absolute Gasteiger partial charge is 0.167 e. The summed E-state index contributed by atoms with van der Waals surface area (Å²) in [6.45, 7) is 0. The lowest BCUT2D eigenvalue weighted by atomic mass is 10.1. The summed E-state index contributed by atoms with van der Waals surface area (Å²) >= 11 is 7.68. The van der Waals surface area contributed by atoms with Crippen LogP contribution in [0.5, 0.6) is 5.75 Å². The van der Waals surface area contributed by atoms with E-state index in [0.717, 1.165) is 3.57 Å². The maximum atomic E-state index is 11.6. The average molecular weight is 325 g/mol. The van der Waals surface area contributed by atoms with Gasteiger partial charge in [-0.1, -0.05) is 0 Å². The lowest BCUT2D eigenvalue weighted by Gasteiger charge is -2.06. The maximum absolute atomic E-state index is 11.6. The Hall–Kier alpha value is -0.290. The molecule has 0 atom stereocenters. The van der Waals surface area contributed by atoms with Crippen molar-refractivity contribution in [3.05, 3.63) is 27.3 Å². The van der Waals surface area contributed by atoms with Gasteiger partial charge >= 0.3 is 0 Å². The van der Waals surface area contributed by atoms with Crippen molar-refractivity contribution in [2.45, 2.75) is 6.42 Å². The lowest BCUT2D eigenvalue weighted by Crippen LogP contribution is -2.02. The first kappa shape index (κ1) is 11.8. The van der Waals surface area contributed by atoms with Crippen LogP contribution in [0.3, 0.4) is 0 Å². The van der Waals surface area contributed by atoms with Crippen molar-refractivity contribution in [3.8, 4) is 5.75 Å². The van der Waals surface area contributed by atoms with Crippen LogP contribution in [0.25, 0.3) is 0 Å². The molecule has 0 spiro atoms. The van der Waals surface area contributed by atoms with Gasteiger partial charge in [-0.15, -0.1) is 11.6 Å². The normalized spacial score (nSPS) is 9.93. The number of rotatable bonds is 4. The molecule has 0 amide bonds. The Balaban J connectivity index is 3.01. The Morgan fingerprint density at radius 1 is 1.57 bits per heavy atom. The van der Waals surface area contributed by atoms with Gasteiger partial charge in [-0.2, -0.15) is 0 Å². The van der Waals surface area contributed by atoms with Gasteiger partial charge in [0.15, 0.2) is 5.78 Å². The number of halogens is 2. The van der Waals surface area contributed by atoms with Gasteiger partial charge in [0.25, 0.3) is 0 Å². The van der Waals surface area contributed by atoms with E-state index in [2.05, 4.69) is 22.6 Å². The molecular formula is C10H10ClIO2. The van der Waals surface area contributed by atoms with E-state index in [4.69, 9.17) is 16.3 Å². The molecule has 0 saturated carbocycles. The highest BCUT2D eigenvalue weighted by Gasteiger charge is 2.11. The van der Waals surface area contributed by atoms with Gasteiger partial charge in [0, 0.05) is 15.9 Å². The number of hydrogen-bond donors (Lipinski definition) is 0. The summed E-state index contributed by atoms with van der Waals surface area (Å²) in [4.78, 5) is 11.6. The number of carbonyl (C=O) groups is 1. The molecule has 76 valence electrons. The Kier molecular flexibility index (Phi) is 4.68. The Bertz CT molecular complexity index is 339. The molecule has 0 saturated heterocycles. The molecule has 1 aromatic rings. The van der Waals surface area contributed by atoms with Crippen molar-refractivity contribution in [1.29, 1.82) is 0 Å². The zero-order chi connectivity index (χ0) is 10.6. The Morgan fingerprint density at radius 2 is 2.29 bits per heavy atom. The van der Waals surface area contributed by atoms with E-state index in [9.17, 15) is 4.79 Å². The minimum absolute atomic E-state index is 0.0215. The molecule has 0 bridgehead atoms. The number of hydrogen-bond acceptors (Lipinski definition) is 2. The molecule has 1 aromatic carbocycles. The van der Waals surface area contributed by atoms with Gasteiger partial charge in [0.2, 0.25) is 0 Å². The molecule has 0 fully saturated rings. The Labute approximate surface area is 102 Å². The second kappa shape index (κ2) is 5.56. The van der Waals surface area contributed by atoms with Crippen LogP contribution >= 0.6 is 34.2 Å².